The number of nitrogens with zero attached hydrogens (tertiary/aromatic N) is 3. The molecule has 0 bridgehead atoms. The topological polar surface area (TPSA) is 161 Å². The Hall–Kier alpha value is -6.81. The number of benzene rings is 4. The van der Waals surface area contributed by atoms with Crippen LogP contribution >= 0.6 is 0 Å². The minimum Gasteiger partial charge on any atom is -0.494 e. The largest absolute Gasteiger partial charge is 0.494 e. The molecule has 0 aliphatic carbocycles. The highest BCUT2D eigenvalue weighted by Gasteiger charge is 2.15. The number of carbonyl (C=O) groups is 2. The molecule has 6 aromatic rings. The number of hydrogen-bond acceptors (Lipinski definition) is 9. The van der Waals surface area contributed by atoms with Gasteiger partial charge in [0.25, 0.3) is 0 Å². The van der Waals surface area contributed by atoms with Crippen LogP contribution in [0.3, 0.4) is 0 Å². The Bertz CT molecular complexity index is 2230. The highest BCUT2D eigenvalue weighted by Crippen LogP contribution is 2.27. The summed E-state index contributed by atoms with van der Waals surface area (Å²) in [5, 5.41) is 28.5. The smallest absolute Gasteiger partial charge is 0.358 e. The van der Waals surface area contributed by atoms with E-state index in [1.54, 1.807) is 48.5 Å². The van der Waals surface area contributed by atoms with Crippen molar-refractivity contribution < 1.29 is 47.5 Å². The maximum absolute atomic E-state index is 13.5. The van der Waals surface area contributed by atoms with Crippen molar-refractivity contribution in [1.82, 2.24) is 9.97 Å². The zero-order valence-electron chi connectivity index (χ0n) is 28.2. The standard InChI is InChI=1S/C21H20FNO4.C19H13FN2O4/c22-16-8-10-17(11-9-16)26-12-4-1-5-13-27-19-14-15-6-2-3-7-18(15)23-20(19)21(24)25;20-13-3-6-16-15(9-13)18(10-17(22-16)19(23)24)26-8-7-25-14-4-1-12(11-21)2-5-14/h2-3,6-11,14H,1,4-5,12-13H2,(H,24,25);1-6,9-10H,7-8H2,(H,23,24). The Kier molecular flexibility index (Phi) is 13.0. The van der Waals surface area contributed by atoms with Crippen molar-refractivity contribution in [3.63, 3.8) is 0 Å². The van der Waals surface area contributed by atoms with Crippen molar-refractivity contribution in [3.8, 4) is 29.1 Å². The minimum absolute atomic E-state index is 0.0756. The fourth-order valence-electron chi connectivity index (χ4n) is 4.98. The van der Waals surface area contributed by atoms with Gasteiger partial charge < -0.3 is 29.2 Å². The number of nitriles is 1. The van der Waals surface area contributed by atoms with Gasteiger partial charge in [-0.05, 0) is 98.1 Å². The molecule has 0 saturated carbocycles. The van der Waals surface area contributed by atoms with Gasteiger partial charge in [-0.3, -0.25) is 0 Å². The maximum Gasteiger partial charge on any atom is 0.358 e. The lowest BCUT2D eigenvalue weighted by Crippen LogP contribution is -2.10. The van der Waals surface area contributed by atoms with E-state index in [1.807, 2.05) is 24.3 Å². The molecule has 0 radical (unpaired) electrons. The lowest BCUT2D eigenvalue weighted by atomic mass is 10.1. The van der Waals surface area contributed by atoms with Crippen LogP contribution in [0.5, 0.6) is 23.0 Å². The van der Waals surface area contributed by atoms with Gasteiger partial charge in [0.2, 0.25) is 0 Å². The van der Waals surface area contributed by atoms with Gasteiger partial charge in [-0.1, -0.05) is 18.2 Å². The summed E-state index contributed by atoms with van der Waals surface area (Å²) in [5.41, 5.74) is 1.22. The van der Waals surface area contributed by atoms with Crippen molar-refractivity contribution in [1.29, 1.82) is 5.26 Å². The molecule has 2 aromatic heterocycles. The van der Waals surface area contributed by atoms with E-state index in [0.29, 0.717) is 46.7 Å². The van der Waals surface area contributed by atoms with Gasteiger partial charge in [-0.2, -0.15) is 5.26 Å². The summed E-state index contributed by atoms with van der Waals surface area (Å²) in [6.45, 7) is 1.24. The molecule has 0 amide bonds. The average molecular weight is 722 g/mol. The Morgan fingerprint density at radius 3 is 1.94 bits per heavy atom. The average Bonchev–Trinajstić information content (AvgIpc) is 3.16. The predicted octanol–water partition coefficient (Wildman–Crippen LogP) is 8.10. The van der Waals surface area contributed by atoms with Gasteiger partial charge in [0.15, 0.2) is 17.1 Å². The number of fused-ring (bicyclic) bond motifs is 2. The number of unbranched alkanes of at least 4 members (excludes halogenated alkanes) is 2. The molecule has 0 saturated heterocycles. The number of pyridine rings is 2. The maximum atomic E-state index is 13.5. The zero-order chi connectivity index (χ0) is 37.6. The molecule has 0 spiro atoms. The molecular weight excluding hydrogens is 688 g/mol. The zero-order valence-corrected chi connectivity index (χ0v) is 28.2. The van der Waals surface area contributed by atoms with Gasteiger partial charge in [-0.15, -0.1) is 0 Å². The number of hydrogen-bond donors (Lipinski definition) is 2. The van der Waals surface area contributed by atoms with E-state index in [4.69, 9.17) is 29.3 Å². The van der Waals surface area contributed by atoms with Gasteiger partial charge in [0, 0.05) is 16.8 Å². The first kappa shape index (κ1) is 37.4. The molecule has 6 rings (SSSR count). The summed E-state index contributed by atoms with van der Waals surface area (Å²) in [6.07, 6.45) is 2.45. The molecule has 0 aliphatic heterocycles. The van der Waals surface area contributed by atoms with E-state index in [0.717, 1.165) is 24.6 Å². The number of rotatable bonds is 15. The summed E-state index contributed by atoms with van der Waals surface area (Å²) in [7, 11) is 0. The van der Waals surface area contributed by atoms with Crippen molar-refractivity contribution in [2.24, 2.45) is 0 Å². The first-order chi connectivity index (χ1) is 25.7. The molecular formula is C40H33F2N3O8. The van der Waals surface area contributed by atoms with Crippen LogP contribution in [0.15, 0.2) is 103 Å². The second-order valence-electron chi connectivity index (χ2n) is 11.3. The van der Waals surface area contributed by atoms with Crippen molar-refractivity contribution >= 4 is 33.7 Å². The first-order valence-corrected chi connectivity index (χ1v) is 16.4. The molecule has 11 nitrogen and oxygen atoms in total. The Morgan fingerprint density at radius 1 is 0.623 bits per heavy atom. The fourth-order valence-corrected chi connectivity index (χ4v) is 4.98. The number of halogens is 2. The van der Waals surface area contributed by atoms with Crippen LogP contribution in [0, 0.1) is 23.0 Å². The Morgan fingerprint density at radius 2 is 1.25 bits per heavy atom. The molecule has 270 valence electrons. The normalized spacial score (nSPS) is 10.5. The quantitative estimate of drug-likeness (QED) is 0.0986. The van der Waals surface area contributed by atoms with Gasteiger partial charge in [0.1, 0.15) is 42.1 Å². The Balaban J connectivity index is 0.000000204. The summed E-state index contributed by atoms with van der Waals surface area (Å²) in [6, 6.07) is 28.7. The van der Waals surface area contributed by atoms with E-state index in [2.05, 4.69) is 9.97 Å². The second kappa shape index (κ2) is 18.4. The van der Waals surface area contributed by atoms with E-state index >= 15 is 0 Å². The third kappa shape index (κ3) is 10.8. The molecule has 0 fully saturated rings. The van der Waals surface area contributed by atoms with Crippen LogP contribution < -0.4 is 18.9 Å². The number of carboxylic acid groups (broad SMARTS) is 2. The number of aromatic nitrogens is 2. The minimum atomic E-state index is -1.20. The van der Waals surface area contributed by atoms with Crippen LogP contribution in [0.2, 0.25) is 0 Å². The molecule has 53 heavy (non-hydrogen) atoms. The van der Waals surface area contributed by atoms with Gasteiger partial charge in [-0.25, -0.2) is 28.3 Å². The lowest BCUT2D eigenvalue weighted by molar-refractivity contribution is 0.0677. The monoisotopic (exact) mass is 721 g/mol. The molecule has 0 unspecified atom stereocenters. The van der Waals surface area contributed by atoms with Crippen LogP contribution in [0.1, 0.15) is 45.8 Å². The summed E-state index contributed by atoms with van der Waals surface area (Å²) < 4.78 is 48.6. The molecule has 2 heterocycles. The van der Waals surface area contributed by atoms with Gasteiger partial charge in [0.05, 0.1) is 35.9 Å². The highest BCUT2D eigenvalue weighted by atomic mass is 19.1. The van der Waals surface area contributed by atoms with Crippen LogP contribution in [-0.2, 0) is 0 Å². The Labute approximate surface area is 302 Å². The first-order valence-electron chi connectivity index (χ1n) is 16.4. The van der Waals surface area contributed by atoms with Crippen LogP contribution in [-0.4, -0.2) is 58.5 Å². The van der Waals surface area contributed by atoms with Crippen molar-refractivity contribution in [2.45, 2.75) is 19.3 Å². The van der Waals surface area contributed by atoms with E-state index in [1.165, 1.54) is 36.4 Å². The van der Waals surface area contributed by atoms with Crippen LogP contribution in [0.25, 0.3) is 21.8 Å². The van der Waals surface area contributed by atoms with Crippen molar-refractivity contribution in [3.05, 3.63) is 132 Å². The van der Waals surface area contributed by atoms with Crippen molar-refractivity contribution in [2.75, 3.05) is 26.4 Å². The summed E-state index contributed by atoms with van der Waals surface area (Å²) >= 11 is 0. The summed E-state index contributed by atoms with van der Waals surface area (Å²) in [5.74, 6) is -1.35. The SMILES string of the molecule is N#Cc1ccc(OCCOc2cc(C(=O)O)nc3ccc(F)cc23)cc1.O=C(O)c1nc2ccccc2cc1OCCCCCOc1ccc(F)cc1. The third-order valence-corrected chi connectivity index (χ3v) is 7.57. The molecule has 0 atom stereocenters. The molecule has 13 heteroatoms. The number of aromatic carboxylic acids is 2. The molecule has 0 aliphatic rings. The molecule has 4 aromatic carbocycles. The van der Waals surface area contributed by atoms with E-state index in [-0.39, 0.29) is 41.9 Å². The fraction of sp³-hybridized carbons (Fsp3) is 0.175. The third-order valence-electron chi connectivity index (χ3n) is 7.57. The van der Waals surface area contributed by atoms with Crippen LogP contribution in [0.4, 0.5) is 8.78 Å². The summed E-state index contributed by atoms with van der Waals surface area (Å²) in [4.78, 5) is 30.7. The highest BCUT2D eigenvalue weighted by molar-refractivity contribution is 5.94. The predicted molar refractivity (Wildman–Crippen MR) is 191 cm³/mol. The molecule has 2 N–H and O–H groups in total. The number of para-hydroxylation sites is 1. The lowest BCUT2D eigenvalue weighted by Gasteiger charge is -2.11. The number of ether oxygens (including phenoxy) is 4. The van der Waals surface area contributed by atoms with E-state index < -0.39 is 17.8 Å². The van der Waals surface area contributed by atoms with Gasteiger partial charge >= 0.3 is 11.9 Å². The van der Waals surface area contributed by atoms with E-state index in [9.17, 15) is 23.5 Å². The second-order valence-corrected chi connectivity index (χ2v) is 11.3. The number of carboxylic acids is 2.